The number of amides is 2. The van der Waals surface area contributed by atoms with Crippen LogP contribution in [0.3, 0.4) is 0 Å². The van der Waals surface area contributed by atoms with E-state index in [1.165, 1.54) is 24.3 Å². The molecular formula is C18H24N2O5S. The first kappa shape index (κ1) is 19.0. The van der Waals surface area contributed by atoms with Crippen LogP contribution in [0.15, 0.2) is 29.2 Å². The molecule has 1 aromatic carbocycles. The normalized spacial score (nSPS) is 20.6. The predicted molar refractivity (Wildman–Crippen MR) is 96.0 cm³/mol. The fourth-order valence-corrected chi connectivity index (χ4v) is 4.82. The SMILES string of the molecule is O=C1CCC(=O)N1c1ccc(S(=O)(=O)NCC2(CO)CCCCC2)cc1. The molecule has 2 aliphatic rings. The summed E-state index contributed by atoms with van der Waals surface area (Å²) in [5, 5.41) is 9.71. The Hall–Kier alpha value is -1.77. The van der Waals surface area contributed by atoms with Crippen molar-refractivity contribution in [3.63, 3.8) is 0 Å². The van der Waals surface area contributed by atoms with Crippen LogP contribution in [0, 0.1) is 5.41 Å². The van der Waals surface area contributed by atoms with Gasteiger partial charge in [0.25, 0.3) is 0 Å². The fraction of sp³-hybridized carbons (Fsp3) is 0.556. The monoisotopic (exact) mass is 380 g/mol. The molecule has 0 atom stereocenters. The van der Waals surface area contributed by atoms with Gasteiger partial charge in [0.15, 0.2) is 0 Å². The van der Waals surface area contributed by atoms with E-state index in [0.29, 0.717) is 5.69 Å². The topological polar surface area (TPSA) is 104 Å². The van der Waals surface area contributed by atoms with Crippen LogP contribution >= 0.6 is 0 Å². The van der Waals surface area contributed by atoms with Crippen LogP contribution in [-0.2, 0) is 19.6 Å². The number of rotatable bonds is 6. The van der Waals surface area contributed by atoms with Crippen molar-refractivity contribution in [1.29, 1.82) is 0 Å². The highest BCUT2D eigenvalue weighted by atomic mass is 32.2. The summed E-state index contributed by atoms with van der Waals surface area (Å²) in [5.74, 6) is -0.545. The summed E-state index contributed by atoms with van der Waals surface area (Å²) in [7, 11) is -3.72. The number of hydrogen-bond donors (Lipinski definition) is 2. The Bertz CT molecular complexity index is 766. The molecule has 0 bridgehead atoms. The van der Waals surface area contributed by atoms with Gasteiger partial charge in [0.2, 0.25) is 21.8 Å². The molecule has 0 aromatic heterocycles. The van der Waals surface area contributed by atoms with Crippen LogP contribution in [0.25, 0.3) is 0 Å². The Labute approximate surface area is 153 Å². The second kappa shape index (κ2) is 7.46. The van der Waals surface area contributed by atoms with E-state index < -0.39 is 10.0 Å². The van der Waals surface area contributed by atoms with Crippen LogP contribution in [0.2, 0.25) is 0 Å². The zero-order valence-corrected chi connectivity index (χ0v) is 15.4. The van der Waals surface area contributed by atoms with Gasteiger partial charge < -0.3 is 5.11 Å². The molecule has 3 rings (SSSR count). The summed E-state index contributed by atoms with van der Waals surface area (Å²) in [6.07, 6.45) is 5.09. The van der Waals surface area contributed by atoms with Gasteiger partial charge in [0, 0.05) is 31.4 Å². The number of hydrogen-bond acceptors (Lipinski definition) is 5. The molecule has 1 heterocycles. The smallest absolute Gasteiger partial charge is 0.240 e. The van der Waals surface area contributed by atoms with E-state index in [1.54, 1.807) is 0 Å². The number of aliphatic hydroxyl groups is 1. The van der Waals surface area contributed by atoms with Crippen molar-refractivity contribution >= 4 is 27.5 Å². The molecule has 0 spiro atoms. The minimum absolute atomic E-state index is 0.0341. The van der Waals surface area contributed by atoms with E-state index >= 15 is 0 Å². The van der Waals surface area contributed by atoms with Crippen molar-refractivity contribution in [2.24, 2.45) is 5.41 Å². The maximum Gasteiger partial charge on any atom is 0.240 e. The largest absolute Gasteiger partial charge is 0.396 e. The summed E-state index contributed by atoms with van der Waals surface area (Å²) < 4.78 is 27.7. The number of carbonyl (C=O) groups is 2. The van der Waals surface area contributed by atoms with E-state index in [-0.39, 0.29) is 48.1 Å². The Kier molecular flexibility index (Phi) is 5.45. The van der Waals surface area contributed by atoms with Gasteiger partial charge in [-0.2, -0.15) is 0 Å². The van der Waals surface area contributed by atoms with Crippen LogP contribution in [0.1, 0.15) is 44.9 Å². The van der Waals surface area contributed by atoms with Crippen LogP contribution in [0.5, 0.6) is 0 Å². The molecule has 7 nitrogen and oxygen atoms in total. The molecule has 0 unspecified atom stereocenters. The van der Waals surface area contributed by atoms with E-state index in [9.17, 15) is 23.1 Å². The van der Waals surface area contributed by atoms with Crippen molar-refractivity contribution < 1.29 is 23.1 Å². The second-order valence-electron chi connectivity index (χ2n) is 7.16. The molecule has 1 saturated carbocycles. The van der Waals surface area contributed by atoms with E-state index in [2.05, 4.69) is 4.72 Å². The number of anilines is 1. The quantitative estimate of drug-likeness (QED) is 0.729. The van der Waals surface area contributed by atoms with E-state index in [4.69, 9.17) is 0 Å². The summed E-state index contributed by atoms with van der Waals surface area (Å²) in [6.45, 7) is 0.171. The first-order valence-corrected chi connectivity index (χ1v) is 10.4. The molecule has 1 aliphatic carbocycles. The number of carbonyl (C=O) groups excluding carboxylic acids is 2. The van der Waals surface area contributed by atoms with E-state index in [1.807, 2.05) is 0 Å². The molecule has 1 saturated heterocycles. The summed E-state index contributed by atoms with van der Waals surface area (Å²) in [6, 6.07) is 5.72. The van der Waals surface area contributed by atoms with Gasteiger partial charge in [-0.25, -0.2) is 13.1 Å². The fourth-order valence-electron chi connectivity index (χ4n) is 3.66. The molecule has 26 heavy (non-hydrogen) atoms. The average Bonchev–Trinajstić information content (AvgIpc) is 2.99. The molecule has 0 radical (unpaired) electrons. The van der Waals surface area contributed by atoms with E-state index in [0.717, 1.165) is 37.0 Å². The summed E-state index contributed by atoms with van der Waals surface area (Å²) >= 11 is 0. The maximum absolute atomic E-state index is 12.6. The first-order valence-electron chi connectivity index (χ1n) is 8.93. The highest BCUT2D eigenvalue weighted by molar-refractivity contribution is 7.89. The Morgan fingerprint density at radius 2 is 1.58 bits per heavy atom. The molecule has 2 N–H and O–H groups in total. The summed E-state index contributed by atoms with van der Waals surface area (Å²) in [5.41, 5.74) is -0.00446. The minimum atomic E-state index is -3.72. The van der Waals surface area contributed by atoms with Crippen molar-refractivity contribution in [1.82, 2.24) is 4.72 Å². The third-order valence-electron chi connectivity index (χ3n) is 5.34. The van der Waals surface area contributed by atoms with Gasteiger partial charge in [0.05, 0.1) is 10.6 Å². The Balaban J connectivity index is 1.71. The van der Waals surface area contributed by atoms with Gasteiger partial charge >= 0.3 is 0 Å². The predicted octanol–water partition coefficient (Wildman–Crippen LogP) is 1.56. The number of nitrogens with zero attached hydrogens (tertiary/aromatic N) is 1. The standard InChI is InChI=1S/C18H24N2O5S/c21-13-18(10-2-1-3-11-18)12-19-26(24,25)15-6-4-14(5-7-15)20-16(22)8-9-17(20)23/h4-7,19,21H,1-3,8-13H2. The van der Waals surface area contributed by atoms with Crippen LogP contribution in [0.4, 0.5) is 5.69 Å². The zero-order valence-electron chi connectivity index (χ0n) is 14.6. The molecule has 2 amide bonds. The number of nitrogens with one attached hydrogen (secondary N) is 1. The number of imide groups is 1. The first-order chi connectivity index (χ1) is 12.4. The molecule has 1 aliphatic heterocycles. The molecule has 2 fully saturated rings. The number of benzene rings is 1. The number of sulfonamides is 1. The van der Waals surface area contributed by atoms with Gasteiger partial charge in [-0.15, -0.1) is 0 Å². The molecular weight excluding hydrogens is 356 g/mol. The maximum atomic E-state index is 12.6. The van der Waals surface area contributed by atoms with Gasteiger partial charge in [-0.3, -0.25) is 14.5 Å². The van der Waals surface area contributed by atoms with Gasteiger partial charge in [-0.1, -0.05) is 19.3 Å². The zero-order chi connectivity index (χ0) is 18.8. The van der Waals surface area contributed by atoms with Crippen LogP contribution in [-0.4, -0.2) is 38.5 Å². The lowest BCUT2D eigenvalue weighted by Gasteiger charge is -2.35. The third kappa shape index (κ3) is 3.82. The molecule has 8 heteroatoms. The van der Waals surface area contributed by atoms with Crippen molar-refractivity contribution in [3.05, 3.63) is 24.3 Å². The highest BCUT2D eigenvalue weighted by Gasteiger charge is 2.33. The summed E-state index contributed by atoms with van der Waals surface area (Å²) in [4.78, 5) is 24.7. The average molecular weight is 380 g/mol. The number of aliphatic hydroxyl groups excluding tert-OH is 1. The van der Waals surface area contributed by atoms with Crippen molar-refractivity contribution in [2.45, 2.75) is 49.8 Å². The Morgan fingerprint density at radius 1 is 1.00 bits per heavy atom. The lowest BCUT2D eigenvalue weighted by molar-refractivity contribution is -0.121. The minimum Gasteiger partial charge on any atom is -0.396 e. The van der Waals surface area contributed by atoms with Crippen LogP contribution < -0.4 is 9.62 Å². The second-order valence-corrected chi connectivity index (χ2v) is 8.93. The lowest BCUT2D eigenvalue weighted by Crippen LogP contribution is -2.41. The van der Waals surface area contributed by atoms with Gasteiger partial charge in [-0.05, 0) is 37.1 Å². The third-order valence-corrected chi connectivity index (χ3v) is 6.76. The Morgan fingerprint density at radius 3 is 2.12 bits per heavy atom. The van der Waals surface area contributed by atoms with Crippen molar-refractivity contribution in [2.75, 3.05) is 18.1 Å². The lowest BCUT2D eigenvalue weighted by atomic mass is 9.75. The molecule has 142 valence electrons. The van der Waals surface area contributed by atoms with Gasteiger partial charge in [0.1, 0.15) is 0 Å². The highest BCUT2D eigenvalue weighted by Crippen LogP contribution is 2.35. The van der Waals surface area contributed by atoms with Crippen molar-refractivity contribution in [3.8, 4) is 0 Å². The molecule has 1 aromatic rings.